The Bertz CT molecular complexity index is 355. The maximum Gasteiger partial charge on any atom is 0.334 e. The van der Waals surface area contributed by atoms with Gasteiger partial charge in [0.15, 0.2) is 0 Å². The summed E-state index contributed by atoms with van der Waals surface area (Å²) in [6.07, 6.45) is 2.79. The number of carbonyl (C=O) groups excluding carboxylic acids is 2. The molecule has 1 rings (SSSR count). The summed E-state index contributed by atoms with van der Waals surface area (Å²) >= 11 is 0. The number of rotatable bonds is 6. The molecule has 0 radical (unpaired) electrons. The van der Waals surface area contributed by atoms with Gasteiger partial charge in [0.2, 0.25) is 5.91 Å². The van der Waals surface area contributed by atoms with Crippen molar-refractivity contribution in [2.75, 3.05) is 0 Å². The van der Waals surface area contributed by atoms with E-state index in [0.29, 0.717) is 5.57 Å². The van der Waals surface area contributed by atoms with Crippen LogP contribution in [0.15, 0.2) is 12.2 Å². The van der Waals surface area contributed by atoms with E-state index in [2.05, 4.69) is 18.8 Å². The molecule has 1 heterocycles. The van der Waals surface area contributed by atoms with E-state index in [9.17, 15) is 9.59 Å². The Morgan fingerprint density at radius 1 is 1.50 bits per heavy atom. The van der Waals surface area contributed by atoms with Crippen molar-refractivity contribution in [1.82, 2.24) is 5.32 Å². The Labute approximate surface area is 109 Å². The van der Waals surface area contributed by atoms with Gasteiger partial charge in [0, 0.05) is 11.5 Å². The van der Waals surface area contributed by atoms with Crippen LogP contribution in [0, 0.1) is 5.92 Å². The molecule has 0 aliphatic carbocycles. The largest absolute Gasteiger partial charge is 0.457 e. The predicted molar refractivity (Wildman–Crippen MR) is 69.9 cm³/mol. The second-order valence-electron chi connectivity index (χ2n) is 5.76. The van der Waals surface area contributed by atoms with Gasteiger partial charge in [-0.3, -0.25) is 4.79 Å². The first-order chi connectivity index (χ1) is 8.26. The molecular weight excluding hydrogens is 230 g/mol. The molecule has 4 heteroatoms. The highest BCUT2D eigenvalue weighted by Crippen LogP contribution is 2.28. The van der Waals surface area contributed by atoms with Crippen LogP contribution in [0.3, 0.4) is 0 Å². The van der Waals surface area contributed by atoms with E-state index in [0.717, 1.165) is 19.3 Å². The van der Waals surface area contributed by atoms with Gasteiger partial charge in [-0.05, 0) is 27.2 Å². The molecule has 0 saturated carbocycles. The molecule has 1 fully saturated rings. The van der Waals surface area contributed by atoms with Gasteiger partial charge in [-0.25, -0.2) is 4.79 Å². The Hall–Kier alpha value is -1.32. The number of unbranched alkanes of at least 4 members (excludes halogenated alkanes) is 1. The average molecular weight is 253 g/mol. The molecule has 0 bridgehead atoms. The first-order valence-electron chi connectivity index (χ1n) is 6.48. The Balaban J connectivity index is 2.64. The number of esters is 1. The van der Waals surface area contributed by atoms with E-state index < -0.39 is 11.6 Å². The van der Waals surface area contributed by atoms with Gasteiger partial charge in [0.1, 0.15) is 11.6 Å². The number of hydrogen-bond acceptors (Lipinski definition) is 3. The molecule has 18 heavy (non-hydrogen) atoms. The molecule has 1 N–H and O–H groups in total. The minimum Gasteiger partial charge on any atom is -0.457 e. The third-order valence-electron chi connectivity index (χ3n) is 2.88. The first-order valence-corrected chi connectivity index (χ1v) is 6.48. The molecule has 2 atom stereocenters. The van der Waals surface area contributed by atoms with Crippen molar-refractivity contribution >= 4 is 11.9 Å². The summed E-state index contributed by atoms with van der Waals surface area (Å²) in [5, 5.41) is 2.73. The Kier molecular flexibility index (Phi) is 4.54. The standard InChI is InChI=1S/C14H23NO3/c1-6-7-8-10(11-12(16)15-11)9(2)13(17)18-14(3,4)5/h10-11H,2,6-8H2,1,3-5H3,(H,15,16). The minimum atomic E-state index is -0.531. The van der Waals surface area contributed by atoms with Crippen molar-refractivity contribution in [3.05, 3.63) is 12.2 Å². The molecule has 4 nitrogen and oxygen atoms in total. The molecule has 1 saturated heterocycles. The molecule has 0 aromatic heterocycles. The first kappa shape index (κ1) is 14.7. The van der Waals surface area contributed by atoms with E-state index in [-0.39, 0.29) is 17.9 Å². The molecule has 1 amide bonds. The highest BCUT2D eigenvalue weighted by atomic mass is 16.6. The van der Waals surface area contributed by atoms with E-state index in [1.54, 1.807) is 0 Å². The lowest BCUT2D eigenvalue weighted by Crippen LogP contribution is -2.28. The van der Waals surface area contributed by atoms with E-state index in [4.69, 9.17) is 4.74 Å². The maximum absolute atomic E-state index is 11.9. The topological polar surface area (TPSA) is 65.3 Å². The van der Waals surface area contributed by atoms with Crippen LogP contribution in [0.1, 0.15) is 47.0 Å². The van der Waals surface area contributed by atoms with Gasteiger partial charge in [0.05, 0.1) is 0 Å². The van der Waals surface area contributed by atoms with E-state index >= 15 is 0 Å². The summed E-state index contributed by atoms with van der Waals surface area (Å²) in [5.41, 5.74) is -0.127. The molecule has 0 aromatic carbocycles. The van der Waals surface area contributed by atoms with Crippen LogP contribution < -0.4 is 5.32 Å². The van der Waals surface area contributed by atoms with Crippen molar-refractivity contribution in [3.8, 4) is 0 Å². The van der Waals surface area contributed by atoms with Gasteiger partial charge in [0.25, 0.3) is 0 Å². The van der Waals surface area contributed by atoms with Crippen LogP contribution in [0.25, 0.3) is 0 Å². The summed E-state index contributed by atoms with van der Waals surface area (Å²) in [7, 11) is 0. The number of hydrogen-bond donors (Lipinski definition) is 1. The average Bonchev–Trinajstić information content (AvgIpc) is 2.93. The summed E-state index contributed by atoms with van der Waals surface area (Å²) in [4.78, 5) is 23.1. The zero-order chi connectivity index (χ0) is 13.9. The summed E-state index contributed by atoms with van der Waals surface area (Å²) < 4.78 is 5.30. The summed E-state index contributed by atoms with van der Waals surface area (Å²) in [6, 6.07) is -0.239. The number of nitrogens with one attached hydrogen (secondary N) is 1. The zero-order valence-corrected chi connectivity index (χ0v) is 11.7. The van der Waals surface area contributed by atoms with Crippen LogP contribution in [0.2, 0.25) is 0 Å². The molecule has 0 spiro atoms. The molecule has 0 aromatic rings. The van der Waals surface area contributed by atoms with Crippen molar-refractivity contribution in [2.45, 2.75) is 58.6 Å². The highest BCUT2D eigenvalue weighted by molar-refractivity contribution is 5.99. The lowest BCUT2D eigenvalue weighted by atomic mass is 9.91. The van der Waals surface area contributed by atoms with Crippen LogP contribution >= 0.6 is 0 Å². The fourth-order valence-electron chi connectivity index (χ4n) is 1.86. The van der Waals surface area contributed by atoms with Crippen LogP contribution in [-0.4, -0.2) is 23.5 Å². The quantitative estimate of drug-likeness (QED) is 0.448. The molecule has 102 valence electrons. The Morgan fingerprint density at radius 3 is 2.44 bits per heavy atom. The monoisotopic (exact) mass is 253 g/mol. The third-order valence-corrected chi connectivity index (χ3v) is 2.88. The highest BCUT2D eigenvalue weighted by Gasteiger charge is 2.43. The normalized spacial score (nSPS) is 20.0. The fraction of sp³-hybridized carbons (Fsp3) is 0.714. The van der Waals surface area contributed by atoms with Gasteiger partial charge < -0.3 is 10.1 Å². The van der Waals surface area contributed by atoms with Crippen molar-refractivity contribution in [3.63, 3.8) is 0 Å². The van der Waals surface area contributed by atoms with E-state index in [1.807, 2.05) is 20.8 Å². The number of amides is 1. The van der Waals surface area contributed by atoms with Gasteiger partial charge in [-0.2, -0.15) is 0 Å². The van der Waals surface area contributed by atoms with E-state index in [1.165, 1.54) is 0 Å². The van der Waals surface area contributed by atoms with Gasteiger partial charge in [-0.1, -0.05) is 26.3 Å². The predicted octanol–water partition coefficient (Wildman–Crippen LogP) is 2.19. The SMILES string of the molecule is C=C(C(=O)OC(C)(C)C)C(CCCC)C1NC1=O. The fourth-order valence-corrected chi connectivity index (χ4v) is 1.86. The van der Waals surface area contributed by atoms with Gasteiger partial charge in [-0.15, -0.1) is 0 Å². The van der Waals surface area contributed by atoms with Crippen LogP contribution in [0.4, 0.5) is 0 Å². The summed E-state index contributed by atoms with van der Waals surface area (Å²) in [6.45, 7) is 11.4. The van der Waals surface area contributed by atoms with Crippen molar-refractivity contribution in [2.24, 2.45) is 5.92 Å². The summed E-state index contributed by atoms with van der Waals surface area (Å²) in [5.74, 6) is -0.529. The second-order valence-corrected chi connectivity index (χ2v) is 5.76. The lowest BCUT2D eigenvalue weighted by Gasteiger charge is -2.23. The molecule has 1 aliphatic rings. The van der Waals surface area contributed by atoms with Gasteiger partial charge >= 0.3 is 5.97 Å². The lowest BCUT2D eigenvalue weighted by molar-refractivity contribution is -0.150. The third kappa shape index (κ3) is 4.17. The van der Waals surface area contributed by atoms with Crippen molar-refractivity contribution < 1.29 is 14.3 Å². The van der Waals surface area contributed by atoms with Crippen molar-refractivity contribution in [1.29, 1.82) is 0 Å². The Morgan fingerprint density at radius 2 is 2.06 bits per heavy atom. The molecule has 1 aliphatic heterocycles. The zero-order valence-electron chi connectivity index (χ0n) is 11.7. The number of ether oxygens (including phenoxy) is 1. The second kappa shape index (κ2) is 5.55. The molecule has 2 unspecified atom stereocenters. The van der Waals surface area contributed by atoms with Crippen LogP contribution in [-0.2, 0) is 14.3 Å². The smallest absolute Gasteiger partial charge is 0.334 e. The minimum absolute atomic E-state index is 0.000752. The maximum atomic E-state index is 11.9. The number of carbonyl (C=O) groups is 2. The molecular formula is C14H23NO3. The van der Waals surface area contributed by atoms with Crippen LogP contribution in [0.5, 0.6) is 0 Å².